The number of rotatable bonds is 1. The number of aliphatic hydroxyl groups excluding tert-OH is 1. The van der Waals surface area contributed by atoms with E-state index in [-0.39, 0.29) is 0 Å². The van der Waals surface area contributed by atoms with Crippen molar-refractivity contribution in [3.8, 4) is 0 Å². The Morgan fingerprint density at radius 1 is 1.86 bits per heavy atom. The fraction of sp³-hybridized carbons (Fsp3) is 1.00. The van der Waals surface area contributed by atoms with Crippen LogP contribution in [0.2, 0.25) is 0 Å². The molecule has 0 aromatic heterocycles. The Labute approximate surface area is 43.5 Å². The molecule has 42 valence electrons. The van der Waals surface area contributed by atoms with Gasteiger partial charge in [0, 0.05) is 6.04 Å². The number of aliphatic hydroxyl groups is 1. The first kappa shape index (κ1) is 5.06. The third-order valence-electron chi connectivity index (χ3n) is 1.59. The van der Waals surface area contributed by atoms with E-state index in [2.05, 4.69) is 12.2 Å². The minimum absolute atomic E-state index is 0.293. The van der Waals surface area contributed by atoms with E-state index in [1.165, 1.54) is 0 Å². The topological polar surface area (TPSA) is 32.3 Å². The highest BCUT2D eigenvalue weighted by Crippen LogP contribution is 2.09. The fourth-order valence-corrected chi connectivity index (χ4v) is 0.765. The fourth-order valence-electron chi connectivity index (χ4n) is 0.765. The van der Waals surface area contributed by atoms with Gasteiger partial charge in [-0.05, 0) is 12.5 Å². The lowest BCUT2D eigenvalue weighted by molar-refractivity contribution is 0.147. The van der Waals surface area contributed by atoms with Crippen LogP contribution in [0.15, 0.2) is 0 Å². The van der Waals surface area contributed by atoms with Crippen LogP contribution in [0.1, 0.15) is 6.92 Å². The second-order valence-electron chi connectivity index (χ2n) is 2.17. The lowest BCUT2D eigenvalue weighted by atomic mass is 9.95. The van der Waals surface area contributed by atoms with Gasteiger partial charge in [-0.15, -0.1) is 0 Å². The highest BCUT2D eigenvalue weighted by atomic mass is 16.3. The van der Waals surface area contributed by atoms with Gasteiger partial charge in [-0.1, -0.05) is 6.92 Å². The van der Waals surface area contributed by atoms with Gasteiger partial charge in [-0.25, -0.2) is 0 Å². The Balaban J connectivity index is 2.16. The Kier molecular flexibility index (Phi) is 1.30. The molecule has 2 atom stereocenters. The normalized spacial score (nSPS) is 40.3. The van der Waals surface area contributed by atoms with Crippen LogP contribution in [0.3, 0.4) is 0 Å². The Morgan fingerprint density at radius 3 is 2.57 bits per heavy atom. The number of hydrogen-bond acceptors (Lipinski definition) is 2. The molecule has 1 fully saturated rings. The van der Waals surface area contributed by atoms with Crippen LogP contribution < -0.4 is 5.32 Å². The van der Waals surface area contributed by atoms with Gasteiger partial charge in [0.25, 0.3) is 0 Å². The molecule has 0 aromatic carbocycles. The number of nitrogens with one attached hydrogen (secondary N) is 1. The lowest BCUT2D eigenvalue weighted by Gasteiger charge is -2.33. The van der Waals surface area contributed by atoms with E-state index in [9.17, 15) is 0 Å². The van der Waals surface area contributed by atoms with Crippen LogP contribution in [0.4, 0.5) is 0 Å². The molecule has 1 saturated heterocycles. The van der Waals surface area contributed by atoms with E-state index in [1.54, 1.807) is 0 Å². The van der Waals surface area contributed by atoms with Crippen LogP contribution in [-0.4, -0.2) is 24.3 Å². The third kappa shape index (κ3) is 0.763. The summed E-state index contributed by atoms with van der Waals surface area (Å²) in [6, 6.07) is 0.389. The summed E-state index contributed by atoms with van der Waals surface area (Å²) in [5.41, 5.74) is 0. The summed E-state index contributed by atoms with van der Waals surface area (Å²) in [5, 5.41) is 11.6. The van der Waals surface area contributed by atoms with Gasteiger partial charge < -0.3 is 10.4 Å². The van der Waals surface area contributed by atoms with Crippen molar-refractivity contribution in [1.29, 1.82) is 0 Å². The van der Waals surface area contributed by atoms with Crippen LogP contribution in [0.5, 0.6) is 0 Å². The lowest BCUT2D eigenvalue weighted by Crippen LogP contribution is -2.53. The molecule has 2 N–H and O–H groups in total. The molecule has 0 amide bonds. The average molecular weight is 101 g/mol. The van der Waals surface area contributed by atoms with Crippen molar-refractivity contribution in [2.24, 2.45) is 5.92 Å². The molecule has 7 heavy (non-hydrogen) atoms. The molecule has 1 heterocycles. The van der Waals surface area contributed by atoms with E-state index in [1.807, 2.05) is 0 Å². The van der Waals surface area contributed by atoms with Gasteiger partial charge >= 0.3 is 0 Å². The third-order valence-corrected chi connectivity index (χ3v) is 1.59. The Hall–Kier alpha value is -0.0800. The van der Waals surface area contributed by atoms with Crippen molar-refractivity contribution < 1.29 is 5.11 Å². The molecule has 0 aliphatic carbocycles. The summed E-state index contributed by atoms with van der Waals surface area (Å²) in [7, 11) is 0. The van der Waals surface area contributed by atoms with Gasteiger partial charge in [-0.2, -0.15) is 0 Å². The molecule has 0 aromatic rings. The van der Waals surface area contributed by atoms with Crippen LogP contribution >= 0.6 is 0 Å². The summed E-state index contributed by atoms with van der Waals surface area (Å²) in [5.74, 6) is 0.685. The number of hydrogen-bond donors (Lipinski definition) is 2. The van der Waals surface area contributed by atoms with E-state index in [0.717, 1.165) is 6.54 Å². The molecular weight excluding hydrogens is 90.1 g/mol. The SMILES string of the molecule is C[C@@H]1CN[C@H]1CO. The molecule has 0 spiro atoms. The van der Waals surface area contributed by atoms with Crippen molar-refractivity contribution in [2.75, 3.05) is 13.2 Å². The van der Waals surface area contributed by atoms with E-state index >= 15 is 0 Å². The van der Waals surface area contributed by atoms with E-state index < -0.39 is 0 Å². The maximum absolute atomic E-state index is 8.49. The molecular formula is C5H11NO. The smallest absolute Gasteiger partial charge is 0.0587 e. The highest BCUT2D eigenvalue weighted by molar-refractivity contribution is 4.83. The highest BCUT2D eigenvalue weighted by Gasteiger charge is 2.23. The Morgan fingerprint density at radius 2 is 2.57 bits per heavy atom. The quantitative estimate of drug-likeness (QED) is 0.470. The molecule has 1 aliphatic heterocycles. The van der Waals surface area contributed by atoms with Crippen molar-refractivity contribution in [2.45, 2.75) is 13.0 Å². The first-order valence-corrected chi connectivity index (χ1v) is 2.69. The monoisotopic (exact) mass is 101 g/mol. The first-order chi connectivity index (χ1) is 3.34. The average Bonchev–Trinajstić information content (AvgIpc) is 1.65. The van der Waals surface area contributed by atoms with Gasteiger partial charge in [0.15, 0.2) is 0 Å². The zero-order valence-electron chi connectivity index (χ0n) is 4.52. The second kappa shape index (κ2) is 1.80. The van der Waals surface area contributed by atoms with E-state index in [0.29, 0.717) is 18.6 Å². The molecule has 0 radical (unpaired) electrons. The molecule has 1 aliphatic rings. The van der Waals surface area contributed by atoms with Crippen molar-refractivity contribution in [3.63, 3.8) is 0 Å². The molecule has 0 unspecified atom stereocenters. The van der Waals surface area contributed by atoms with Crippen LogP contribution in [0.25, 0.3) is 0 Å². The van der Waals surface area contributed by atoms with Crippen molar-refractivity contribution in [3.05, 3.63) is 0 Å². The molecule has 0 bridgehead atoms. The predicted molar refractivity (Wildman–Crippen MR) is 28.0 cm³/mol. The van der Waals surface area contributed by atoms with Crippen LogP contribution in [-0.2, 0) is 0 Å². The molecule has 2 nitrogen and oxygen atoms in total. The van der Waals surface area contributed by atoms with E-state index in [4.69, 9.17) is 5.11 Å². The van der Waals surface area contributed by atoms with Gasteiger partial charge in [0.05, 0.1) is 6.61 Å². The first-order valence-electron chi connectivity index (χ1n) is 2.69. The zero-order valence-corrected chi connectivity index (χ0v) is 4.52. The standard InChI is InChI=1S/C5H11NO/c1-4-2-6-5(4)3-7/h4-7H,2-3H2,1H3/t4-,5+/m1/s1. The maximum atomic E-state index is 8.49. The predicted octanol–water partition coefficient (Wildman–Crippen LogP) is -0.413. The van der Waals surface area contributed by atoms with Crippen molar-refractivity contribution >= 4 is 0 Å². The van der Waals surface area contributed by atoms with Gasteiger partial charge in [-0.3, -0.25) is 0 Å². The largest absolute Gasteiger partial charge is 0.395 e. The summed E-state index contributed by atoms with van der Waals surface area (Å²) in [4.78, 5) is 0. The van der Waals surface area contributed by atoms with Gasteiger partial charge in [0.2, 0.25) is 0 Å². The van der Waals surface area contributed by atoms with Gasteiger partial charge in [0.1, 0.15) is 0 Å². The Bertz CT molecular complexity index is 63.1. The minimum atomic E-state index is 0.293. The maximum Gasteiger partial charge on any atom is 0.0587 e. The van der Waals surface area contributed by atoms with Crippen LogP contribution in [0, 0.1) is 5.92 Å². The molecule has 1 rings (SSSR count). The summed E-state index contributed by atoms with van der Waals surface area (Å²) < 4.78 is 0. The minimum Gasteiger partial charge on any atom is -0.395 e. The summed E-state index contributed by atoms with van der Waals surface area (Å²) in [6.07, 6.45) is 0. The summed E-state index contributed by atoms with van der Waals surface area (Å²) in [6.45, 7) is 3.50. The molecule has 0 saturated carbocycles. The summed E-state index contributed by atoms with van der Waals surface area (Å²) >= 11 is 0. The molecule has 2 heteroatoms. The van der Waals surface area contributed by atoms with Crippen molar-refractivity contribution in [1.82, 2.24) is 5.32 Å². The zero-order chi connectivity index (χ0) is 5.28. The second-order valence-corrected chi connectivity index (χ2v) is 2.17.